The third-order valence-corrected chi connectivity index (χ3v) is 2.10. The van der Waals surface area contributed by atoms with E-state index < -0.39 is 6.09 Å². The summed E-state index contributed by atoms with van der Waals surface area (Å²) in [5, 5.41) is 5.11. The molecule has 1 rings (SSSR count). The van der Waals surface area contributed by atoms with Crippen LogP contribution in [0.15, 0.2) is 43.0 Å². The third-order valence-electron chi connectivity index (χ3n) is 2.10. The van der Waals surface area contributed by atoms with Gasteiger partial charge in [-0.25, -0.2) is 4.79 Å². The molecule has 0 aliphatic carbocycles. The summed E-state index contributed by atoms with van der Waals surface area (Å²) in [5.41, 5.74) is 0.995. The average Bonchev–Trinajstić information content (AvgIpc) is 2.42. The molecule has 18 heavy (non-hydrogen) atoms. The van der Waals surface area contributed by atoms with Crippen molar-refractivity contribution in [3.05, 3.63) is 48.6 Å². The number of ether oxygens (including phenoxy) is 1. The van der Waals surface area contributed by atoms with Crippen LogP contribution in [0.2, 0.25) is 0 Å². The second-order valence-electron chi connectivity index (χ2n) is 3.47. The van der Waals surface area contributed by atoms with Crippen LogP contribution in [0.1, 0.15) is 5.56 Å². The first-order chi connectivity index (χ1) is 8.72. The summed E-state index contributed by atoms with van der Waals surface area (Å²) in [4.78, 5) is 22.0. The topological polar surface area (TPSA) is 67.4 Å². The van der Waals surface area contributed by atoms with Crippen molar-refractivity contribution in [1.29, 1.82) is 0 Å². The van der Waals surface area contributed by atoms with Gasteiger partial charge in [0.1, 0.15) is 6.61 Å². The van der Waals surface area contributed by atoms with E-state index in [4.69, 9.17) is 4.74 Å². The van der Waals surface area contributed by atoms with Gasteiger partial charge in [0, 0.05) is 6.54 Å². The number of rotatable bonds is 6. The highest BCUT2D eigenvalue weighted by Crippen LogP contribution is 1.97. The summed E-state index contributed by atoms with van der Waals surface area (Å²) < 4.78 is 4.86. The van der Waals surface area contributed by atoms with Crippen molar-refractivity contribution in [2.75, 3.05) is 13.2 Å². The number of alkyl carbamates (subject to hydrolysis) is 1. The maximum atomic E-state index is 11.3. The van der Waals surface area contributed by atoms with E-state index in [1.54, 1.807) is 0 Å². The molecule has 2 N–H and O–H groups in total. The van der Waals surface area contributed by atoms with Gasteiger partial charge >= 0.3 is 6.09 Å². The average molecular weight is 248 g/mol. The molecule has 5 nitrogen and oxygen atoms in total. The molecule has 0 saturated carbocycles. The van der Waals surface area contributed by atoms with Crippen molar-refractivity contribution >= 4 is 12.0 Å². The Balaban J connectivity index is 2.11. The lowest BCUT2D eigenvalue weighted by Crippen LogP contribution is -2.29. The fourth-order valence-corrected chi connectivity index (χ4v) is 1.21. The summed E-state index contributed by atoms with van der Waals surface area (Å²) in [5.74, 6) is -0.289. The van der Waals surface area contributed by atoms with Crippen LogP contribution >= 0.6 is 0 Å². The monoisotopic (exact) mass is 248 g/mol. The smallest absolute Gasteiger partial charge is 0.407 e. The second-order valence-corrected chi connectivity index (χ2v) is 3.47. The SMILES string of the molecule is C=CC(=O)NCCOC(=O)NCc1ccccc1. The van der Waals surface area contributed by atoms with Gasteiger partial charge in [-0.2, -0.15) is 0 Å². The summed E-state index contributed by atoms with van der Waals surface area (Å²) in [6, 6.07) is 9.51. The van der Waals surface area contributed by atoms with Crippen LogP contribution in [-0.2, 0) is 16.1 Å². The Morgan fingerprint density at radius 3 is 2.61 bits per heavy atom. The van der Waals surface area contributed by atoms with E-state index in [-0.39, 0.29) is 19.1 Å². The minimum absolute atomic E-state index is 0.125. The van der Waals surface area contributed by atoms with Crippen LogP contribution in [-0.4, -0.2) is 25.2 Å². The van der Waals surface area contributed by atoms with Crippen molar-refractivity contribution in [2.24, 2.45) is 0 Å². The molecule has 0 bridgehead atoms. The Hall–Kier alpha value is -2.30. The van der Waals surface area contributed by atoms with E-state index in [1.165, 1.54) is 0 Å². The molecule has 1 aromatic rings. The summed E-state index contributed by atoms with van der Waals surface area (Å²) >= 11 is 0. The van der Waals surface area contributed by atoms with Gasteiger partial charge in [0.25, 0.3) is 0 Å². The van der Waals surface area contributed by atoms with Gasteiger partial charge in [0.05, 0.1) is 6.54 Å². The lowest BCUT2D eigenvalue weighted by atomic mass is 10.2. The molecule has 0 heterocycles. The van der Waals surface area contributed by atoms with Crippen LogP contribution < -0.4 is 10.6 Å². The third kappa shape index (κ3) is 5.69. The number of hydrogen-bond donors (Lipinski definition) is 2. The fraction of sp³-hybridized carbons (Fsp3) is 0.231. The molecule has 5 heteroatoms. The molecule has 96 valence electrons. The molecule has 0 aromatic heterocycles. The minimum Gasteiger partial charge on any atom is -0.448 e. The highest BCUT2D eigenvalue weighted by Gasteiger charge is 2.01. The molecule has 1 aromatic carbocycles. The number of nitrogens with one attached hydrogen (secondary N) is 2. The highest BCUT2D eigenvalue weighted by molar-refractivity contribution is 5.86. The highest BCUT2D eigenvalue weighted by atomic mass is 16.5. The lowest BCUT2D eigenvalue weighted by Gasteiger charge is -2.07. The van der Waals surface area contributed by atoms with Crippen molar-refractivity contribution in [1.82, 2.24) is 10.6 Å². The lowest BCUT2D eigenvalue weighted by molar-refractivity contribution is -0.116. The van der Waals surface area contributed by atoms with E-state index in [1.807, 2.05) is 30.3 Å². The number of benzene rings is 1. The molecular weight excluding hydrogens is 232 g/mol. The summed E-state index contributed by atoms with van der Waals surface area (Å²) in [7, 11) is 0. The van der Waals surface area contributed by atoms with E-state index in [2.05, 4.69) is 17.2 Å². The maximum absolute atomic E-state index is 11.3. The van der Waals surface area contributed by atoms with Gasteiger partial charge in [-0.05, 0) is 11.6 Å². The minimum atomic E-state index is -0.508. The van der Waals surface area contributed by atoms with Crippen molar-refractivity contribution in [2.45, 2.75) is 6.54 Å². The standard InChI is InChI=1S/C13H16N2O3/c1-2-12(16)14-8-9-18-13(17)15-10-11-6-4-3-5-7-11/h2-7H,1,8-10H2,(H,14,16)(H,15,17). The fourth-order valence-electron chi connectivity index (χ4n) is 1.21. The summed E-state index contributed by atoms with van der Waals surface area (Å²) in [6.07, 6.45) is 0.654. The first-order valence-corrected chi connectivity index (χ1v) is 5.57. The van der Waals surface area contributed by atoms with Gasteiger partial charge in [0.2, 0.25) is 5.91 Å². The first-order valence-electron chi connectivity index (χ1n) is 5.57. The van der Waals surface area contributed by atoms with Gasteiger partial charge in [-0.3, -0.25) is 4.79 Å². The van der Waals surface area contributed by atoms with Crippen LogP contribution in [0.5, 0.6) is 0 Å². The van der Waals surface area contributed by atoms with Crippen LogP contribution in [0.4, 0.5) is 4.79 Å². The van der Waals surface area contributed by atoms with Gasteiger partial charge < -0.3 is 15.4 Å². The zero-order chi connectivity index (χ0) is 13.2. The maximum Gasteiger partial charge on any atom is 0.407 e. The number of carbonyl (C=O) groups excluding carboxylic acids is 2. The molecule has 0 unspecified atom stereocenters. The molecule has 0 radical (unpaired) electrons. The van der Waals surface area contributed by atoms with Crippen LogP contribution in [0.25, 0.3) is 0 Å². The predicted octanol–water partition coefficient (Wildman–Crippen LogP) is 1.21. The molecule has 0 saturated heterocycles. The predicted molar refractivity (Wildman–Crippen MR) is 67.8 cm³/mol. The van der Waals surface area contributed by atoms with Gasteiger partial charge in [-0.15, -0.1) is 0 Å². The Morgan fingerprint density at radius 1 is 1.22 bits per heavy atom. The first kappa shape index (κ1) is 13.8. The van der Waals surface area contributed by atoms with E-state index in [0.29, 0.717) is 6.54 Å². The largest absolute Gasteiger partial charge is 0.448 e. The van der Waals surface area contributed by atoms with Crippen LogP contribution in [0.3, 0.4) is 0 Å². The second kappa shape index (κ2) is 7.89. The molecule has 0 fully saturated rings. The molecule has 0 aliphatic rings. The molecule has 0 spiro atoms. The Bertz CT molecular complexity index is 404. The normalized spacial score (nSPS) is 9.33. The van der Waals surface area contributed by atoms with Crippen molar-refractivity contribution in [3.8, 4) is 0 Å². The number of carbonyl (C=O) groups is 2. The quantitative estimate of drug-likeness (QED) is 0.587. The van der Waals surface area contributed by atoms with Crippen molar-refractivity contribution in [3.63, 3.8) is 0 Å². The molecule has 0 atom stereocenters. The molecule has 0 aliphatic heterocycles. The Morgan fingerprint density at radius 2 is 1.94 bits per heavy atom. The van der Waals surface area contributed by atoms with E-state index in [9.17, 15) is 9.59 Å². The molecule has 2 amide bonds. The van der Waals surface area contributed by atoms with Crippen molar-refractivity contribution < 1.29 is 14.3 Å². The van der Waals surface area contributed by atoms with E-state index in [0.717, 1.165) is 11.6 Å². The van der Waals surface area contributed by atoms with Gasteiger partial charge in [0.15, 0.2) is 0 Å². The van der Waals surface area contributed by atoms with Crippen LogP contribution in [0, 0.1) is 0 Å². The summed E-state index contributed by atoms with van der Waals surface area (Å²) in [6.45, 7) is 4.11. The Labute approximate surface area is 106 Å². The number of amides is 2. The van der Waals surface area contributed by atoms with E-state index >= 15 is 0 Å². The Kier molecular flexibility index (Phi) is 6.03. The van der Waals surface area contributed by atoms with Gasteiger partial charge in [-0.1, -0.05) is 36.9 Å². The zero-order valence-corrected chi connectivity index (χ0v) is 10.0. The zero-order valence-electron chi connectivity index (χ0n) is 10.0. The molecular formula is C13H16N2O3. The number of hydrogen-bond acceptors (Lipinski definition) is 3.